The number of anilines is 1. The van der Waals surface area contributed by atoms with Crippen molar-refractivity contribution in [1.29, 1.82) is 0 Å². The maximum Gasteiger partial charge on any atom is 0.303 e. The summed E-state index contributed by atoms with van der Waals surface area (Å²) in [6.07, 6.45) is -1.98. The number of hydrogen-bond acceptors (Lipinski definition) is 8. The van der Waals surface area contributed by atoms with E-state index in [0.29, 0.717) is 23.5 Å². The Morgan fingerprint density at radius 1 is 1.33 bits per heavy atom. The van der Waals surface area contributed by atoms with Crippen LogP contribution >= 0.6 is 0 Å². The Hall–Kier alpha value is -2.32. The fourth-order valence-corrected chi connectivity index (χ4v) is 3.28. The minimum Gasteiger partial charge on any atom is -0.465 e. The molecule has 1 aromatic rings. The molecule has 0 saturated carbocycles. The lowest BCUT2D eigenvalue weighted by Crippen LogP contribution is -2.54. The molecule has 5 atom stereocenters. The molecule has 0 aliphatic carbocycles. The Labute approximate surface area is 158 Å². The van der Waals surface area contributed by atoms with E-state index in [2.05, 4.69) is 0 Å². The molecule has 8 nitrogen and oxygen atoms in total. The largest absolute Gasteiger partial charge is 0.465 e. The molecule has 1 aromatic carbocycles. The summed E-state index contributed by atoms with van der Waals surface area (Å²) < 4.78 is 22.3. The smallest absolute Gasteiger partial charge is 0.303 e. The predicted molar refractivity (Wildman–Crippen MR) is 96.7 cm³/mol. The number of nitrogen functional groups attached to an aromatic ring is 1. The van der Waals surface area contributed by atoms with Gasteiger partial charge in [-0.15, -0.1) is 0 Å². The van der Waals surface area contributed by atoms with Crippen LogP contribution < -0.4 is 10.5 Å². The van der Waals surface area contributed by atoms with Crippen LogP contribution in [0.25, 0.3) is 0 Å². The summed E-state index contributed by atoms with van der Waals surface area (Å²) in [5.41, 5.74) is 7.79. The topological polar surface area (TPSA) is 117 Å². The van der Waals surface area contributed by atoms with Crippen molar-refractivity contribution in [2.24, 2.45) is 11.8 Å². The number of esters is 1. The van der Waals surface area contributed by atoms with Crippen molar-refractivity contribution in [3.05, 3.63) is 23.3 Å². The van der Waals surface area contributed by atoms with Gasteiger partial charge >= 0.3 is 5.97 Å². The zero-order valence-corrected chi connectivity index (χ0v) is 16.0. The molecule has 1 saturated heterocycles. The second kappa shape index (κ2) is 9.05. The molecule has 1 aliphatic heterocycles. The molecule has 150 valence electrons. The molecule has 0 bridgehead atoms. The van der Waals surface area contributed by atoms with Crippen LogP contribution in [0, 0.1) is 18.8 Å². The number of carbonyl (C=O) groups excluding carboxylic acids is 2. The van der Waals surface area contributed by atoms with Crippen molar-refractivity contribution in [1.82, 2.24) is 0 Å². The first-order chi connectivity index (χ1) is 12.8. The summed E-state index contributed by atoms with van der Waals surface area (Å²) in [6.45, 7) is 7.28. The first kappa shape index (κ1) is 21.0. The van der Waals surface area contributed by atoms with Gasteiger partial charge in [0.05, 0.1) is 18.4 Å². The molecule has 1 aliphatic rings. The number of aliphatic hydroxyl groups is 1. The molecule has 27 heavy (non-hydrogen) atoms. The first-order valence-corrected chi connectivity index (χ1v) is 8.82. The van der Waals surface area contributed by atoms with E-state index in [4.69, 9.17) is 24.7 Å². The maximum absolute atomic E-state index is 11.6. The van der Waals surface area contributed by atoms with Crippen molar-refractivity contribution in [2.45, 2.75) is 52.8 Å². The standard InChI is InChI=1S/C19H27NO7/c1-10-5-14(7-21)6-15(20)17(10)27-19-18(25-13(4)23)12(3)11(2)16(26-19)8-24-9-22/h5-6,9,11-12,16,18-19,21H,7-8,20H2,1-4H3. The summed E-state index contributed by atoms with van der Waals surface area (Å²) in [4.78, 5) is 22.1. The van der Waals surface area contributed by atoms with Gasteiger partial charge in [0.1, 0.15) is 12.4 Å². The normalized spacial score (nSPS) is 27.7. The van der Waals surface area contributed by atoms with Crippen molar-refractivity contribution < 1.29 is 33.6 Å². The Balaban J connectivity index is 2.31. The lowest BCUT2D eigenvalue weighted by Gasteiger charge is -2.43. The van der Waals surface area contributed by atoms with Crippen LogP contribution in [0.2, 0.25) is 0 Å². The molecule has 1 fully saturated rings. The molecule has 0 amide bonds. The number of aliphatic hydroxyl groups excluding tert-OH is 1. The van der Waals surface area contributed by atoms with Gasteiger partial charge in [-0.3, -0.25) is 9.59 Å². The number of benzene rings is 1. The Morgan fingerprint density at radius 3 is 2.59 bits per heavy atom. The van der Waals surface area contributed by atoms with Crippen molar-refractivity contribution >= 4 is 18.1 Å². The van der Waals surface area contributed by atoms with E-state index in [9.17, 15) is 14.7 Å². The van der Waals surface area contributed by atoms with E-state index in [1.165, 1.54) is 6.92 Å². The number of ether oxygens (including phenoxy) is 4. The van der Waals surface area contributed by atoms with Gasteiger partial charge < -0.3 is 29.8 Å². The molecule has 5 unspecified atom stereocenters. The molecule has 0 spiro atoms. The van der Waals surface area contributed by atoms with E-state index in [0.717, 1.165) is 5.56 Å². The monoisotopic (exact) mass is 381 g/mol. The third-order valence-corrected chi connectivity index (χ3v) is 4.92. The highest BCUT2D eigenvalue weighted by molar-refractivity contribution is 5.66. The number of rotatable bonds is 7. The average Bonchev–Trinajstić information content (AvgIpc) is 2.62. The second-order valence-corrected chi connectivity index (χ2v) is 6.87. The molecule has 1 heterocycles. The summed E-state index contributed by atoms with van der Waals surface area (Å²) in [7, 11) is 0. The lowest BCUT2D eigenvalue weighted by atomic mass is 9.83. The molecule has 0 aromatic heterocycles. The van der Waals surface area contributed by atoms with Crippen LogP contribution in [0.5, 0.6) is 5.75 Å². The highest BCUT2D eigenvalue weighted by Crippen LogP contribution is 2.36. The van der Waals surface area contributed by atoms with Gasteiger partial charge in [0, 0.05) is 12.8 Å². The minimum atomic E-state index is -0.915. The quantitative estimate of drug-likeness (QED) is 0.415. The van der Waals surface area contributed by atoms with Gasteiger partial charge in [-0.05, 0) is 36.1 Å². The second-order valence-electron chi connectivity index (χ2n) is 6.87. The van der Waals surface area contributed by atoms with Gasteiger partial charge in [-0.1, -0.05) is 13.8 Å². The molecule has 3 N–H and O–H groups in total. The zero-order valence-electron chi connectivity index (χ0n) is 16.0. The van der Waals surface area contributed by atoms with Crippen LogP contribution in [0.4, 0.5) is 5.69 Å². The van der Waals surface area contributed by atoms with Crippen molar-refractivity contribution in [3.8, 4) is 5.75 Å². The summed E-state index contributed by atoms with van der Waals surface area (Å²) in [6, 6.07) is 3.37. The Morgan fingerprint density at radius 2 is 2.04 bits per heavy atom. The molecule has 0 radical (unpaired) electrons. The summed E-state index contributed by atoms with van der Waals surface area (Å²) >= 11 is 0. The van der Waals surface area contributed by atoms with Crippen LogP contribution in [0.15, 0.2) is 12.1 Å². The van der Waals surface area contributed by atoms with E-state index in [-0.39, 0.29) is 25.0 Å². The highest BCUT2D eigenvalue weighted by Gasteiger charge is 2.45. The molecule has 2 rings (SSSR count). The van der Waals surface area contributed by atoms with Crippen LogP contribution in [0.1, 0.15) is 31.9 Å². The zero-order chi connectivity index (χ0) is 20.1. The number of hydrogen-bond donors (Lipinski definition) is 2. The van der Waals surface area contributed by atoms with E-state index < -0.39 is 24.5 Å². The lowest BCUT2D eigenvalue weighted by molar-refractivity contribution is -0.252. The first-order valence-electron chi connectivity index (χ1n) is 8.82. The van der Waals surface area contributed by atoms with Gasteiger partial charge in [0.25, 0.3) is 6.47 Å². The van der Waals surface area contributed by atoms with E-state index in [1.807, 2.05) is 13.8 Å². The van der Waals surface area contributed by atoms with Crippen molar-refractivity contribution in [2.75, 3.05) is 12.3 Å². The fourth-order valence-electron chi connectivity index (χ4n) is 3.28. The molecule has 8 heteroatoms. The Bertz CT molecular complexity index is 655. The number of carbonyl (C=O) groups is 2. The number of nitrogens with two attached hydrogens (primary N) is 1. The van der Waals surface area contributed by atoms with Crippen LogP contribution in [-0.2, 0) is 30.4 Å². The van der Waals surface area contributed by atoms with Gasteiger partial charge in [0.2, 0.25) is 6.29 Å². The fraction of sp³-hybridized carbons (Fsp3) is 0.579. The maximum atomic E-state index is 11.6. The highest BCUT2D eigenvalue weighted by atomic mass is 16.7. The van der Waals surface area contributed by atoms with Crippen LogP contribution in [-0.4, -0.2) is 42.7 Å². The third-order valence-electron chi connectivity index (χ3n) is 4.92. The van der Waals surface area contributed by atoms with E-state index >= 15 is 0 Å². The minimum absolute atomic E-state index is 0.0376. The SMILES string of the molecule is CC(=O)OC1C(Oc2c(C)cc(CO)cc2N)OC(COC=O)C(C)C1C. The van der Waals surface area contributed by atoms with E-state index in [1.54, 1.807) is 19.1 Å². The van der Waals surface area contributed by atoms with Crippen LogP contribution in [0.3, 0.4) is 0 Å². The number of aryl methyl sites for hydroxylation is 1. The summed E-state index contributed by atoms with van der Waals surface area (Å²) in [5.74, 6) is -0.194. The average molecular weight is 381 g/mol. The predicted octanol–water partition coefficient (Wildman–Crippen LogP) is 1.55. The molecular formula is C19H27NO7. The van der Waals surface area contributed by atoms with Gasteiger partial charge in [-0.2, -0.15) is 0 Å². The van der Waals surface area contributed by atoms with Gasteiger partial charge in [-0.25, -0.2) is 0 Å². The van der Waals surface area contributed by atoms with Gasteiger partial charge in [0.15, 0.2) is 6.10 Å². The van der Waals surface area contributed by atoms with Crippen molar-refractivity contribution in [3.63, 3.8) is 0 Å². The Kier molecular flexibility index (Phi) is 7.04. The molecular weight excluding hydrogens is 354 g/mol. The summed E-state index contributed by atoms with van der Waals surface area (Å²) in [5, 5.41) is 9.30. The third kappa shape index (κ3) is 4.90.